The lowest BCUT2D eigenvalue weighted by atomic mass is 10.0. The van der Waals surface area contributed by atoms with Gasteiger partial charge in [0.1, 0.15) is 0 Å². The van der Waals surface area contributed by atoms with Gasteiger partial charge in [0.05, 0.1) is 10.0 Å². The molecule has 1 aromatic heterocycles. The number of hydrogen-bond donors (Lipinski definition) is 2. The first-order chi connectivity index (χ1) is 9.45. The van der Waals surface area contributed by atoms with Crippen LogP contribution in [0.1, 0.15) is 13.8 Å². The minimum absolute atomic E-state index is 0.228. The minimum atomic E-state index is -0.457. The number of aromatic nitrogens is 2. The van der Waals surface area contributed by atoms with E-state index in [0.717, 1.165) is 36.6 Å². The first kappa shape index (κ1) is 15.0. The largest absolute Gasteiger partial charge is 0.409 e. The third kappa shape index (κ3) is 3.01. The molecule has 110 valence electrons. The van der Waals surface area contributed by atoms with Crippen LogP contribution in [0.3, 0.4) is 0 Å². The lowest BCUT2D eigenvalue weighted by molar-refractivity contribution is 0.160. The summed E-state index contributed by atoms with van der Waals surface area (Å²) >= 11 is 3.33. The molecule has 0 bridgehead atoms. The lowest BCUT2D eigenvalue weighted by Gasteiger charge is -2.43. The van der Waals surface area contributed by atoms with Crippen molar-refractivity contribution in [2.75, 3.05) is 31.1 Å². The highest BCUT2D eigenvalue weighted by Gasteiger charge is 2.34. The van der Waals surface area contributed by atoms with Crippen molar-refractivity contribution in [3.05, 3.63) is 16.9 Å². The van der Waals surface area contributed by atoms with E-state index in [4.69, 9.17) is 10.9 Å². The average Bonchev–Trinajstić information content (AvgIpc) is 2.47. The molecule has 1 aliphatic rings. The fraction of sp³-hybridized carbons (Fsp3) is 0.583. The molecule has 3 N–H and O–H groups in total. The van der Waals surface area contributed by atoms with Gasteiger partial charge in [0.15, 0.2) is 5.84 Å². The van der Waals surface area contributed by atoms with E-state index in [0.29, 0.717) is 0 Å². The number of rotatable bonds is 3. The molecule has 1 saturated heterocycles. The Morgan fingerprint density at radius 2 is 1.85 bits per heavy atom. The van der Waals surface area contributed by atoms with Crippen molar-refractivity contribution in [1.29, 1.82) is 0 Å². The van der Waals surface area contributed by atoms with Gasteiger partial charge in [-0.25, -0.2) is 9.97 Å². The van der Waals surface area contributed by atoms with Crippen LogP contribution in [0, 0.1) is 0 Å². The van der Waals surface area contributed by atoms with Crippen LogP contribution in [-0.4, -0.2) is 57.6 Å². The van der Waals surface area contributed by atoms with Crippen molar-refractivity contribution >= 4 is 27.7 Å². The molecule has 0 atom stereocenters. The molecule has 7 nitrogen and oxygen atoms in total. The Bertz CT molecular complexity index is 481. The number of hydrogen-bond acceptors (Lipinski definition) is 6. The summed E-state index contributed by atoms with van der Waals surface area (Å²) in [5, 5.41) is 12.0. The van der Waals surface area contributed by atoms with Gasteiger partial charge >= 0.3 is 0 Å². The Kier molecular flexibility index (Phi) is 4.44. The molecule has 2 heterocycles. The zero-order valence-electron chi connectivity index (χ0n) is 11.6. The summed E-state index contributed by atoms with van der Waals surface area (Å²) in [5.74, 6) is 0.959. The molecule has 0 saturated carbocycles. The molecular weight excluding hydrogens is 324 g/mol. The highest BCUT2D eigenvalue weighted by atomic mass is 79.9. The van der Waals surface area contributed by atoms with Gasteiger partial charge in [-0.1, -0.05) is 5.16 Å². The highest BCUT2D eigenvalue weighted by Crippen LogP contribution is 2.19. The van der Waals surface area contributed by atoms with Gasteiger partial charge in [-0.15, -0.1) is 0 Å². The Morgan fingerprint density at radius 1 is 1.30 bits per heavy atom. The summed E-state index contributed by atoms with van der Waals surface area (Å²) in [6, 6.07) is 0. The number of oxime groups is 1. The normalized spacial score (nSPS) is 18.4. The summed E-state index contributed by atoms with van der Waals surface area (Å²) in [6.45, 7) is 7.14. The molecule has 1 aromatic rings. The number of nitrogens with zero attached hydrogens (tertiary/aromatic N) is 5. The fourth-order valence-corrected chi connectivity index (χ4v) is 2.42. The SMILES string of the molecule is CC(C)(C(N)=NO)N1CCN(c2ncc(Br)cn2)CC1. The molecule has 8 heteroatoms. The third-order valence-corrected chi connectivity index (χ3v) is 4.10. The number of nitrogens with two attached hydrogens (primary N) is 1. The number of amidine groups is 1. The van der Waals surface area contributed by atoms with Gasteiger partial charge in [-0.3, -0.25) is 4.90 Å². The molecule has 20 heavy (non-hydrogen) atoms. The van der Waals surface area contributed by atoms with Crippen LogP contribution < -0.4 is 10.6 Å². The van der Waals surface area contributed by atoms with E-state index in [-0.39, 0.29) is 5.84 Å². The first-order valence-electron chi connectivity index (χ1n) is 6.40. The van der Waals surface area contributed by atoms with E-state index >= 15 is 0 Å². The smallest absolute Gasteiger partial charge is 0.225 e. The molecule has 2 rings (SSSR count). The van der Waals surface area contributed by atoms with Crippen molar-refractivity contribution in [2.45, 2.75) is 19.4 Å². The second-order valence-electron chi connectivity index (χ2n) is 5.22. The zero-order chi connectivity index (χ0) is 14.8. The van der Waals surface area contributed by atoms with E-state index in [1.54, 1.807) is 12.4 Å². The Labute approximate surface area is 126 Å². The molecular formula is C12H19BrN6O. The summed E-state index contributed by atoms with van der Waals surface area (Å²) < 4.78 is 0.868. The lowest BCUT2D eigenvalue weighted by Crippen LogP contribution is -2.60. The predicted octanol–water partition coefficient (Wildman–Crippen LogP) is 0.886. The molecule has 0 aromatic carbocycles. The maximum absolute atomic E-state index is 8.86. The van der Waals surface area contributed by atoms with Gasteiger partial charge in [0.2, 0.25) is 5.95 Å². The quantitative estimate of drug-likeness (QED) is 0.367. The Hall–Kier alpha value is -1.41. The van der Waals surface area contributed by atoms with Crippen LogP contribution in [0.2, 0.25) is 0 Å². The van der Waals surface area contributed by atoms with Gasteiger partial charge in [-0.2, -0.15) is 0 Å². The van der Waals surface area contributed by atoms with Gasteiger partial charge < -0.3 is 15.8 Å². The van der Waals surface area contributed by atoms with Crippen LogP contribution >= 0.6 is 15.9 Å². The number of piperazine rings is 1. The van der Waals surface area contributed by atoms with E-state index in [1.807, 2.05) is 13.8 Å². The molecule has 0 amide bonds. The fourth-order valence-electron chi connectivity index (χ4n) is 2.22. The second kappa shape index (κ2) is 5.92. The van der Waals surface area contributed by atoms with Crippen molar-refractivity contribution < 1.29 is 5.21 Å². The topological polar surface area (TPSA) is 90.9 Å². The van der Waals surface area contributed by atoms with Crippen molar-refractivity contribution in [3.8, 4) is 0 Å². The zero-order valence-corrected chi connectivity index (χ0v) is 13.2. The Morgan fingerprint density at radius 3 is 2.35 bits per heavy atom. The van der Waals surface area contributed by atoms with Crippen molar-refractivity contribution in [1.82, 2.24) is 14.9 Å². The van der Waals surface area contributed by atoms with E-state index in [9.17, 15) is 0 Å². The Balaban J connectivity index is 2.00. The van der Waals surface area contributed by atoms with Crippen LogP contribution in [0.5, 0.6) is 0 Å². The molecule has 0 radical (unpaired) electrons. The monoisotopic (exact) mass is 342 g/mol. The maximum atomic E-state index is 8.86. The molecule has 1 aliphatic heterocycles. The summed E-state index contributed by atoms with van der Waals surface area (Å²) in [6.07, 6.45) is 3.49. The van der Waals surface area contributed by atoms with Crippen molar-refractivity contribution in [2.24, 2.45) is 10.9 Å². The van der Waals surface area contributed by atoms with Crippen LogP contribution in [0.15, 0.2) is 22.0 Å². The predicted molar refractivity (Wildman–Crippen MR) is 81.0 cm³/mol. The van der Waals surface area contributed by atoms with Crippen molar-refractivity contribution in [3.63, 3.8) is 0 Å². The first-order valence-corrected chi connectivity index (χ1v) is 7.20. The molecule has 0 unspecified atom stereocenters. The summed E-state index contributed by atoms with van der Waals surface area (Å²) in [4.78, 5) is 12.9. The number of anilines is 1. The van der Waals surface area contributed by atoms with Crippen LogP contribution in [0.4, 0.5) is 5.95 Å². The third-order valence-electron chi connectivity index (χ3n) is 3.69. The molecule has 0 aliphatic carbocycles. The van der Waals surface area contributed by atoms with Crippen LogP contribution in [0.25, 0.3) is 0 Å². The standard InChI is InChI=1S/C12H19BrN6O/c1-12(2,10(14)17-20)19-5-3-18(4-6-19)11-15-7-9(13)8-16-11/h7-8,20H,3-6H2,1-2H3,(H2,14,17). The van der Waals surface area contributed by atoms with E-state index in [2.05, 4.69) is 40.9 Å². The highest BCUT2D eigenvalue weighted by molar-refractivity contribution is 9.10. The van der Waals surface area contributed by atoms with E-state index in [1.165, 1.54) is 0 Å². The van der Waals surface area contributed by atoms with Crippen LogP contribution in [-0.2, 0) is 0 Å². The van der Waals surface area contributed by atoms with E-state index < -0.39 is 5.54 Å². The summed E-state index contributed by atoms with van der Waals surface area (Å²) in [7, 11) is 0. The minimum Gasteiger partial charge on any atom is -0.409 e. The molecule has 0 spiro atoms. The molecule has 1 fully saturated rings. The number of halogens is 1. The second-order valence-corrected chi connectivity index (χ2v) is 6.14. The van der Waals surface area contributed by atoms with Gasteiger partial charge in [0.25, 0.3) is 0 Å². The summed E-state index contributed by atoms with van der Waals surface area (Å²) in [5.41, 5.74) is 5.30. The van der Waals surface area contributed by atoms with Gasteiger partial charge in [0, 0.05) is 38.6 Å². The van der Waals surface area contributed by atoms with Gasteiger partial charge in [-0.05, 0) is 29.8 Å². The average molecular weight is 343 g/mol. The maximum Gasteiger partial charge on any atom is 0.225 e.